The first-order valence-electron chi connectivity index (χ1n) is 3.37. The zero-order chi connectivity index (χ0) is 8.36. The van der Waals surface area contributed by atoms with E-state index in [0.717, 1.165) is 0 Å². The summed E-state index contributed by atoms with van der Waals surface area (Å²) >= 11 is 0. The molecule has 3 atom stereocenters. The Labute approximate surface area is 60.8 Å². The van der Waals surface area contributed by atoms with Gasteiger partial charge in [0.25, 0.3) is 0 Å². The molecule has 3 unspecified atom stereocenters. The van der Waals surface area contributed by atoms with E-state index >= 15 is 0 Å². The van der Waals surface area contributed by atoms with E-state index in [0.29, 0.717) is 6.42 Å². The maximum Gasteiger partial charge on any atom is 0.154 e. The van der Waals surface area contributed by atoms with Gasteiger partial charge in [-0.1, -0.05) is 6.92 Å². The van der Waals surface area contributed by atoms with E-state index in [9.17, 15) is 5.11 Å². The van der Waals surface area contributed by atoms with Crippen molar-refractivity contribution < 1.29 is 10.2 Å². The molecule has 0 saturated carbocycles. The fourth-order valence-electron chi connectivity index (χ4n) is 0.630. The van der Waals surface area contributed by atoms with Crippen LogP contribution in [0.3, 0.4) is 0 Å². The Hall–Kier alpha value is -0.160. The van der Waals surface area contributed by atoms with Crippen molar-refractivity contribution in [3.05, 3.63) is 0 Å². The topological polar surface area (TPSA) is 92.5 Å². The van der Waals surface area contributed by atoms with Gasteiger partial charge in [-0.2, -0.15) is 0 Å². The molecule has 0 bridgehead atoms. The Balaban J connectivity index is 4.09. The van der Waals surface area contributed by atoms with Gasteiger partial charge in [-0.3, -0.25) is 0 Å². The summed E-state index contributed by atoms with van der Waals surface area (Å²) in [6.07, 6.45) is -0.554. The van der Waals surface area contributed by atoms with Crippen molar-refractivity contribution >= 4 is 0 Å². The molecular formula is C6H16N2O2. The minimum Gasteiger partial charge on any atom is -0.389 e. The number of hydrogen-bond donors (Lipinski definition) is 4. The van der Waals surface area contributed by atoms with Crippen molar-refractivity contribution in [3.63, 3.8) is 0 Å². The van der Waals surface area contributed by atoms with Crippen molar-refractivity contribution in [1.82, 2.24) is 0 Å². The van der Waals surface area contributed by atoms with E-state index in [1.165, 1.54) is 0 Å². The van der Waals surface area contributed by atoms with Crippen LogP contribution in [0.25, 0.3) is 0 Å². The van der Waals surface area contributed by atoms with Gasteiger partial charge in [0.2, 0.25) is 0 Å². The molecule has 0 aliphatic heterocycles. The number of hydrogen-bond acceptors (Lipinski definition) is 4. The molecule has 0 spiro atoms. The van der Waals surface area contributed by atoms with Gasteiger partial charge in [-0.25, -0.2) is 0 Å². The minimum atomic E-state index is -1.66. The van der Waals surface area contributed by atoms with Crippen molar-refractivity contribution in [2.45, 2.75) is 38.1 Å². The van der Waals surface area contributed by atoms with Crippen molar-refractivity contribution in [1.29, 1.82) is 0 Å². The maximum absolute atomic E-state index is 9.26. The fourth-order valence-corrected chi connectivity index (χ4v) is 0.630. The second-order valence-electron chi connectivity index (χ2n) is 2.60. The van der Waals surface area contributed by atoms with Crippen LogP contribution in [0.4, 0.5) is 0 Å². The largest absolute Gasteiger partial charge is 0.389 e. The van der Waals surface area contributed by atoms with Gasteiger partial charge >= 0.3 is 0 Å². The summed E-state index contributed by atoms with van der Waals surface area (Å²) in [5.41, 5.74) is 8.95. The molecule has 0 aromatic carbocycles. The van der Waals surface area contributed by atoms with Crippen molar-refractivity contribution in [3.8, 4) is 0 Å². The molecule has 0 heterocycles. The third-order valence-electron chi connectivity index (χ3n) is 1.65. The lowest BCUT2D eigenvalue weighted by molar-refractivity contribution is -0.0846. The molecule has 0 rings (SSSR count). The van der Waals surface area contributed by atoms with Crippen LogP contribution in [0.15, 0.2) is 0 Å². The highest BCUT2D eigenvalue weighted by atomic mass is 16.4. The third kappa shape index (κ3) is 1.91. The molecule has 0 aliphatic carbocycles. The average Bonchev–Trinajstić information content (AvgIpc) is 1.86. The average molecular weight is 148 g/mol. The summed E-state index contributed by atoms with van der Waals surface area (Å²) in [5, 5.41) is 18.4. The number of aliphatic hydroxyl groups excluding tert-OH is 1. The van der Waals surface area contributed by atoms with Gasteiger partial charge in [0.05, 0.1) is 6.10 Å². The van der Waals surface area contributed by atoms with Crippen molar-refractivity contribution in [2.24, 2.45) is 11.5 Å². The summed E-state index contributed by atoms with van der Waals surface area (Å²) in [4.78, 5) is 0. The van der Waals surface area contributed by atoms with Gasteiger partial charge in [-0.05, 0) is 13.3 Å². The van der Waals surface area contributed by atoms with Crippen LogP contribution in [0, 0.1) is 0 Å². The van der Waals surface area contributed by atoms with Gasteiger partial charge in [0, 0.05) is 6.04 Å². The third-order valence-corrected chi connectivity index (χ3v) is 1.65. The van der Waals surface area contributed by atoms with E-state index in [-0.39, 0.29) is 0 Å². The lowest BCUT2D eigenvalue weighted by Crippen LogP contribution is -2.61. The molecule has 0 radical (unpaired) electrons. The van der Waals surface area contributed by atoms with Crippen LogP contribution in [0.1, 0.15) is 20.3 Å². The van der Waals surface area contributed by atoms with Gasteiger partial charge in [-0.15, -0.1) is 0 Å². The Morgan fingerprint density at radius 2 is 2.00 bits per heavy atom. The van der Waals surface area contributed by atoms with E-state index in [1.54, 1.807) is 13.8 Å². The van der Waals surface area contributed by atoms with Crippen LogP contribution >= 0.6 is 0 Å². The SMILES string of the molecule is CCC(O)C(N)(O)C(C)N. The molecule has 4 heteroatoms. The van der Waals surface area contributed by atoms with E-state index in [4.69, 9.17) is 16.6 Å². The van der Waals surface area contributed by atoms with Crippen LogP contribution < -0.4 is 11.5 Å². The lowest BCUT2D eigenvalue weighted by atomic mass is 9.99. The van der Waals surface area contributed by atoms with E-state index < -0.39 is 17.9 Å². The predicted molar refractivity (Wildman–Crippen MR) is 39.1 cm³/mol. The van der Waals surface area contributed by atoms with Crippen molar-refractivity contribution in [2.75, 3.05) is 0 Å². The maximum atomic E-state index is 9.26. The molecule has 0 amide bonds. The molecular weight excluding hydrogens is 132 g/mol. The molecule has 6 N–H and O–H groups in total. The quantitative estimate of drug-likeness (QED) is 0.376. The lowest BCUT2D eigenvalue weighted by Gasteiger charge is -2.31. The molecule has 0 aliphatic rings. The van der Waals surface area contributed by atoms with Crippen LogP contribution in [-0.4, -0.2) is 28.1 Å². The van der Waals surface area contributed by atoms with Gasteiger partial charge in [0.1, 0.15) is 0 Å². The Morgan fingerprint density at radius 1 is 1.60 bits per heavy atom. The number of rotatable bonds is 3. The number of aliphatic hydroxyl groups is 2. The smallest absolute Gasteiger partial charge is 0.154 e. The monoisotopic (exact) mass is 148 g/mol. The predicted octanol–water partition coefficient (Wildman–Crippen LogP) is -1.25. The minimum absolute atomic E-state index is 0.397. The highest BCUT2D eigenvalue weighted by Crippen LogP contribution is 2.09. The highest BCUT2D eigenvalue weighted by molar-refractivity contribution is 4.86. The first-order valence-corrected chi connectivity index (χ1v) is 3.37. The normalized spacial score (nSPS) is 23.4. The Bertz CT molecular complexity index is 104. The molecule has 0 saturated heterocycles. The molecule has 0 fully saturated rings. The fraction of sp³-hybridized carbons (Fsp3) is 1.00. The van der Waals surface area contributed by atoms with E-state index in [1.807, 2.05) is 0 Å². The molecule has 0 aromatic heterocycles. The summed E-state index contributed by atoms with van der Waals surface area (Å²) in [5.74, 6) is 0. The first-order chi connectivity index (χ1) is 4.42. The summed E-state index contributed by atoms with van der Waals surface area (Å²) in [6, 6.07) is -0.623. The highest BCUT2D eigenvalue weighted by Gasteiger charge is 2.33. The van der Waals surface area contributed by atoms with Gasteiger partial charge < -0.3 is 21.7 Å². The zero-order valence-electron chi connectivity index (χ0n) is 6.41. The van der Waals surface area contributed by atoms with E-state index in [2.05, 4.69) is 0 Å². The van der Waals surface area contributed by atoms with Gasteiger partial charge in [0.15, 0.2) is 5.72 Å². The Kier molecular flexibility index (Phi) is 3.24. The summed E-state index contributed by atoms with van der Waals surface area (Å²) in [7, 11) is 0. The molecule has 0 aromatic rings. The van der Waals surface area contributed by atoms with Crippen LogP contribution in [0.5, 0.6) is 0 Å². The van der Waals surface area contributed by atoms with Crippen LogP contribution in [-0.2, 0) is 0 Å². The Morgan fingerprint density at radius 3 is 2.10 bits per heavy atom. The second kappa shape index (κ2) is 3.30. The summed E-state index contributed by atoms with van der Waals surface area (Å²) < 4.78 is 0. The first kappa shape index (κ1) is 9.84. The second-order valence-corrected chi connectivity index (χ2v) is 2.60. The number of nitrogens with two attached hydrogens (primary N) is 2. The summed E-state index contributed by atoms with van der Waals surface area (Å²) in [6.45, 7) is 3.28. The molecule has 4 nitrogen and oxygen atoms in total. The van der Waals surface area contributed by atoms with Crippen LogP contribution in [0.2, 0.25) is 0 Å². The molecule has 62 valence electrons. The molecule has 10 heavy (non-hydrogen) atoms. The standard InChI is InChI=1S/C6H16N2O2/c1-3-5(9)6(8,10)4(2)7/h4-5,9-10H,3,7-8H2,1-2H3. The zero-order valence-corrected chi connectivity index (χ0v) is 6.41.